The van der Waals surface area contributed by atoms with Crippen molar-refractivity contribution in [3.05, 3.63) is 41.0 Å². The average Bonchev–Trinajstić information content (AvgIpc) is 3.60. The zero-order chi connectivity index (χ0) is 40.3. The van der Waals surface area contributed by atoms with Gasteiger partial charge in [0.25, 0.3) is 5.56 Å². The smallest absolute Gasteiger partial charge is 0.305 e. The molecule has 0 aliphatic rings. The van der Waals surface area contributed by atoms with E-state index >= 15 is 0 Å². The van der Waals surface area contributed by atoms with E-state index in [-0.39, 0.29) is 49.0 Å². The van der Waals surface area contributed by atoms with E-state index in [1.54, 1.807) is 0 Å². The van der Waals surface area contributed by atoms with Gasteiger partial charge in [0, 0.05) is 12.8 Å². The van der Waals surface area contributed by atoms with Gasteiger partial charge in [-0.2, -0.15) is 4.98 Å². The van der Waals surface area contributed by atoms with Gasteiger partial charge in [0.1, 0.15) is 26.0 Å². The van der Waals surface area contributed by atoms with E-state index in [2.05, 4.69) is 53.1 Å². The second-order valence-electron chi connectivity index (χ2n) is 15.3. The number of H-pyrrole nitrogens is 1. The van der Waals surface area contributed by atoms with Crippen molar-refractivity contribution in [2.24, 2.45) is 0 Å². The summed E-state index contributed by atoms with van der Waals surface area (Å²) in [7, 11) is 0. The number of nitrogens with zero attached hydrogens (tertiary/aromatic N) is 3. The van der Waals surface area contributed by atoms with Gasteiger partial charge < -0.3 is 19.9 Å². The number of rotatable bonds is 37. The Hall–Kier alpha value is -3.47. The number of unbranched alkanes of at least 4 members (excludes halogenated alkanes) is 22. The molecule has 3 N–H and O–H groups in total. The lowest BCUT2D eigenvalue weighted by molar-refractivity contribution is -0.157. The molecule has 0 amide bonds. The molecular formula is C45H77N5O6. The number of anilines is 1. The number of carbonyl (C=O) groups is 2. The van der Waals surface area contributed by atoms with Crippen molar-refractivity contribution in [3.8, 4) is 0 Å². The molecule has 0 bridgehead atoms. The number of nitrogens with two attached hydrogens (primary N) is 1. The lowest BCUT2D eigenvalue weighted by atomic mass is 10.1. The van der Waals surface area contributed by atoms with E-state index in [0.29, 0.717) is 12.8 Å². The Morgan fingerprint density at radius 1 is 0.661 bits per heavy atom. The summed E-state index contributed by atoms with van der Waals surface area (Å²) in [6.07, 6.45) is 41.7. The maximum Gasteiger partial charge on any atom is 0.305 e. The molecule has 318 valence electrons. The SMILES string of the molecule is CCCCCCCC/C=C\CCCCCCCC(=O)OCC(COC(=O)CCCCCCC/C=C\CCCCCCCC)OCn1cnc2c(=O)[nH]c(N)nc21. The third-order valence-corrected chi connectivity index (χ3v) is 10.1. The van der Waals surface area contributed by atoms with Crippen LogP contribution in [0.4, 0.5) is 5.95 Å². The summed E-state index contributed by atoms with van der Waals surface area (Å²) in [5.41, 5.74) is 5.69. The highest BCUT2D eigenvalue weighted by Crippen LogP contribution is 2.14. The number of esters is 2. The zero-order valence-electron chi connectivity index (χ0n) is 35.3. The van der Waals surface area contributed by atoms with Crippen LogP contribution in [0.15, 0.2) is 35.4 Å². The van der Waals surface area contributed by atoms with Crippen molar-refractivity contribution in [1.82, 2.24) is 19.5 Å². The number of aromatic amines is 1. The first-order valence-corrected chi connectivity index (χ1v) is 22.4. The Balaban J connectivity index is 1.64. The third kappa shape index (κ3) is 24.9. The molecule has 0 aliphatic carbocycles. The minimum absolute atomic E-state index is 0.0325. The van der Waals surface area contributed by atoms with Gasteiger partial charge in [0.15, 0.2) is 11.2 Å². The lowest BCUT2D eigenvalue weighted by Gasteiger charge is -2.18. The number of ether oxygens (including phenoxy) is 3. The normalized spacial score (nSPS) is 11.8. The van der Waals surface area contributed by atoms with Crippen molar-refractivity contribution in [1.29, 1.82) is 0 Å². The highest BCUT2D eigenvalue weighted by atomic mass is 16.6. The van der Waals surface area contributed by atoms with E-state index in [1.165, 1.54) is 114 Å². The number of hydrogen-bond donors (Lipinski definition) is 2. The van der Waals surface area contributed by atoms with Crippen LogP contribution in [0.5, 0.6) is 0 Å². The quantitative estimate of drug-likeness (QED) is 0.0387. The van der Waals surface area contributed by atoms with E-state index in [1.807, 2.05) is 0 Å². The Morgan fingerprint density at radius 3 is 1.52 bits per heavy atom. The molecule has 0 spiro atoms. The predicted molar refractivity (Wildman–Crippen MR) is 228 cm³/mol. The molecule has 2 aromatic heterocycles. The Bertz CT molecular complexity index is 1350. The highest BCUT2D eigenvalue weighted by molar-refractivity contribution is 5.70. The van der Waals surface area contributed by atoms with Crippen LogP contribution in [0.25, 0.3) is 11.2 Å². The van der Waals surface area contributed by atoms with Gasteiger partial charge in [-0.05, 0) is 64.2 Å². The first-order valence-electron chi connectivity index (χ1n) is 22.4. The monoisotopic (exact) mass is 784 g/mol. The molecule has 0 fully saturated rings. The number of carbonyl (C=O) groups excluding carboxylic acids is 2. The van der Waals surface area contributed by atoms with Gasteiger partial charge in [-0.15, -0.1) is 0 Å². The maximum atomic E-state index is 12.6. The van der Waals surface area contributed by atoms with Crippen LogP contribution >= 0.6 is 0 Å². The van der Waals surface area contributed by atoms with Crippen molar-refractivity contribution in [2.75, 3.05) is 18.9 Å². The molecule has 0 saturated heterocycles. The van der Waals surface area contributed by atoms with Crippen molar-refractivity contribution >= 4 is 29.1 Å². The summed E-state index contributed by atoms with van der Waals surface area (Å²) in [4.78, 5) is 48.1. The van der Waals surface area contributed by atoms with Crippen LogP contribution < -0.4 is 11.3 Å². The molecule has 2 aromatic rings. The number of nitrogen functional groups attached to an aromatic ring is 1. The third-order valence-electron chi connectivity index (χ3n) is 10.1. The summed E-state index contributed by atoms with van der Waals surface area (Å²) in [5.74, 6) is -0.634. The minimum Gasteiger partial charge on any atom is -0.463 e. The molecule has 11 nitrogen and oxygen atoms in total. The largest absolute Gasteiger partial charge is 0.463 e. The molecule has 56 heavy (non-hydrogen) atoms. The van der Waals surface area contributed by atoms with E-state index in [4.69, 9.17) is 19.9 Å². The summed E-state index contributed by atoms with van der Waals surface area (Å²) in [6.45, 7) is 4.34. The number of fused-ring (bicyclic) bond motifs is 1. The molecule has 2 heterocycles. The molecule has 11 heteroatoms. The fourth-order valence-electron chi connectivity index (χ4n) is 6.59. The summed E-state index contributed by atoms with van der Waals surface area (Å²) < 4.78 is 18.7. The van der Waals surface area contributed by atoms with Gasteiger partial charge in [-0.1, -0.05) is 141 Å². The second kappa shape index (κ2) is 33.6. The number of hydrogen-bond acceptors (Lipinski definition) is 9. The topological polar surface area (TPSA) is 151 Å². The van der Waals surface area contributed by atoms with Crippen LogP contribution in [0, 0.1) is 0 Å². The molecule has 0 atom stereocenters. The van der Waals surface area contributed by atoms with Crippen molar-refractivity contribution in [2.45, 2.75) is 206 Å². The van der Waals surface area contributed by atoms with E-state index in [0.717, 1.165) is 64.2 Å². The average molecular weight is 784 g/mol. The van der Waals surface area contributed by atoms with Gasteiger partial charge in [0.2, 0.25) is 5.95 Å². The van der Waals surface area contributed by atoms with E-state index < -0.39 is 11.7 Å². The first kappa shape index (κ1) is 48.7. The van der Waals surface area contributed by atoms with Crippen LogP contribution in [0.1, 0.15) is 194 Å². The molecule has 2 rings (SSSR count). The second-order valence-corrected chi connectivity index (χ2v) is 15.3. The number of nitrogens with one attached hydrogen (secondary N) is 1. The summed E-state index contributed by atoms with van der Waals surface area (Å²) in [5, 5.41) is 0. The zero-order valence-corrected chi connectivity index (χ0v) is 35.3. The molecule has 0 saturated carbocycles. The van der Waals surface area contributed by atoms with Crippen molar-refractivity contribution < 1.29 is 23.8 Å². The number of allylic oxidation sites excluding steroid dienone is 4. The summed E-state index contributed by atoms with van der Waals surface area (Å²) in [6, 6.07) is 0. The number of imidazole rings is 1. The van der Waals surface area contributed by atoms with Gasteiger partial charge >= 0.3 is 11.9 Å². The summed E-state index contributed by atoms with van der Waals surface area (Å²) >= 11 is 0. The van der Waals surface area contributed by atoms with Gasteiger partial charge in [-0.3, -0.25) is 23.9 Å². The minimum atomic E-state index is -0.706. The Labute approximate surface area is 338 Å². The van der Waals surface area contributed by atoms with Gasteiger partial charge in [-0.25, -0.2) is 4.98 Å². The molecule has 0 unspecified atom stereocenters. The number of aromatic nitrogens is 4. The van der Waals surface area contributed by atoms with Crippen LogP contribution in [0.3, 0.4) is 0 Å². The maximum absolute atomic E-state index is 12.6. The van der Waals surface area contributed by atoms with Crippen LogP contribution in [0.2, 0.25) is 0 Å². The van der Waals surface area contributed by atoms with Crippen LogP contribution in [-0.2, 0) is 30.5 Å². The van der Waals surface area contributed by atoms with Crippen LogP contribution in [-0.4, -0.2) is 50.8 Å². The fourth-order valence-corrected chi connectivity index (χ4v) is 6.59. The Morgan fingerprint density at radius 2 is 1.07 bits per heavy atom. The van der Waals surface area contributed by atoms with Gasteiger partial charge in [0.05, 0.1) is 6.33 Å². The first-order chi connectivity index (χ1) is 27.4. The lowest BCUT2D eigenvalue weighted by Crippen LogP contribution is -2.29. The molecule has 0 aliphatic heterocycles. The predicted octanol–water partition coefficient (Wildman–Crippen LogP) is 11.2. The van der Waals surface area contributed by atoms with Crippen molar-refractivity contribution in [3.63, 3.8) is 0 Å². The fraction of sp³-hybridized carbons (Fsp3) is 0.756. The highest BCUT2D eigenvalue weighted by Gasteiger charge is 2.18. The molecular weight excluding hydrogens is 707 g/mol. The standard InChI is InChI=1S/C45H77N5O6/c1-3-5-7-9-11-13-15-17-19-21-23-25-27-29-31-33-40(51)54-35-39(56-38-50-37-47-42-43(50)48-45(46)49-44(42)53)36-55-41(52)34-32-30-28-26-24-22-20-18-16-14-12-10-8-6-4-2/h17-20,37,39H,3-16,21-36,38H2,1-2H3,(H3,46,48,49,53)/b19-17-,20-18-. The van der Waals surface area contributed by atoms with E-state index in [9.17, 15) is 14.4 Å². The molecule has 0 aromatic carbocycles. The Kier molecular flexibility index (Phi) is 29.3. The molecule has 0 radical (unpaired) electrons.